The Morgan fingerprint density at radius 3 is 2.57 bits per heavy atom. The van der Waals surface area contributed by atoms with Crippen molar-refractivity contribution in [2.24, 2.45) is 4.99 Å². The van der Waals surface area contributed by atoms with Gasteiger partial charge in [0, 0.05) is 17.3 Å². The smallest absolute Gasteiger partial charge is 0.133 e. The van der Waals surface area contributed by atoms with Crippen molar-refractivity contribution in [3.63, 3.8) is 0 Å². The van der Waals surface area contributed by atoms with Crippen LogP contribution in [-0.4, -0.2) is 31.0 Å². The van der Waals surface area contributed by atoms with E-state index in [1.807, 2.05) is 43.5 Å². The van der Waals surface area contributed by atoms with E-state index in [1.54, 1.807) is 6.21 Å². The van der Waals surface area contributed by atoms with Crippen molar-refractivity contribution in [3.8, 4) is 17.6 Å². The maximum absolute atomic E-state index is 9.18. The lowest BCUT2D eigenvalue weighted by atomic mass is 10.2. The molecule has 1 unspecified atom stereocenters. The van der Waals surface area contributed by atoms with Gasteiger partial charge in [0.1, 0.15) is 29.0 Å². The molecule has 0 radical (unpaired) electrons. The molecule has 0 aliphatic rings. The predicted octanol–water partition coefficient (Wildman–Crippen LogP) is 3.61. The Labute approximate surface area is 140 Å². The topological polar surface area (TPSA) is 67.5 Å². The van der Waals surface area contributed by atoms with Gasteiger partial charge in [-0.1, -0.05) is 0 Å². The largest absolute Gasteiger partial charge is 0.494 e. The number of aliphatic imine (C=N–C) groups is 1. The normalized spacial score (nSPS) is 12.0. The molecule has 23 heavy (non-hydrogen) atoms. The average molecular weight is 329 g/mol. The number of hydrogen-bond acceptors (Lipinski definition) is 6. The van der Waals surface area contributed by atoms with Crippen LogP contribution in [0.4, 0.5) is 0 Å². The molecule has 5 nitrogen and oxygen atoms in total. The zero-order chi connectivity index (χ0) is 16.5. The first-order valence-electron chi connectivity index (χ1n) is 7.40. The van der Waals surface area contributed by atoms with Crippen LogP contribution >= 0.6 is 11.3 Å². The van der Waals surface area contributed by atoms with E-state index in [0.29, 0.717) is 19.8 Å². The van der Waals surface area contributed by atoms with Gasteiger partial charge in [0.15, 0.2) is 0 Å². The first kappa shape index (κ1) is 17.0. The van der Waals surface area contributed by atoms with Gasteiger partial charge in [-0.15, -0.1) is 11.3 Å². The molecular formula is C17H19N3O2S. The van der Waals surface area contributed by atoms with E-state index in [1.165, 1.54) is 11.3 Å². The Morgan fingerprint density at radius 2 is 2.00 bits per heavy atom. The van der Waals surface area contributed by atoms with Gasteiger partial charge in [0.2, 0.25) is 0 Å². The van der Waals surface area contributed by atoms with E-state index < -0.39 is 0 Å². The van der Waals surface area contributed by atoms with Gasteiger partial charge in [0.25, 0.3) is 0 Å². The highest BCUT2D eigenvalue weighted by atomic mass is 32.1. The number of aromatic nitrogens is 1. The maximum Gasteiger partial charge on any atom is 0.133 e. The monoisotopic (exact) mass is 329 g/mol. The van der Waals surface area contributed by atoms with E-state index in [-0.39, 0.29) is 5.92 Å². The van der Waals surface area contributed by atoms with Gasteiger partial charge < -0.3 is 9.47 Å². The summed E-state index contributed by atoms with van der Waals surface area (Å²) >= 11 is 1.48. The number of nitrogens with zero attached hydrogens (tertiary/aromatic N) is 3. The van der Waals surface area contributed by atoms with E-state index in [4.69, 9.17) is 9.47 Å². The van der Waals surface area contributed by atoms with Crippen LogP contribution in [0.1, 0.15) is 23.5 Å². The molecule has 0 bridgehead atoms. The second-order valence-electron chi connectivity index (χ2n) is 4.74. The summed E-state index contributed by atoms with van der Waals surface area (Å²) in [4.78, 5) is 8.57. The average Bonchev–Trinajstić information content (AvgIpc) is 2.99. The lowest BCUT2D eigenvalue weighted by molar-refractivity contribution is 0.323. The number of ether oxygens (including phenoxy) is 2. The minimum atomic E-state index is -0.390. The lowest BCUT2D eigenvalue weighted by Crippen LogP contribution is -2.03. The molecule has 1 aromatic heterocycles. The zero-order valence-corrected chi connectivity index (χ0v) is 14.0. The SMILES string of the molecule is CCOc1ccc(OCCN=CC(C#N)c2nc(C)cs2)cc1. The molecule has 0 aliphatic heterocycles. The van der Waals surface area contributed by atoms with Crippen LogP contribution < -0.4 is 9.47 Å². The van der Waals surface area contributed by atoms with Gasteiger partial charge in [-0.25, -0.2) is 4.98 Å². The zero-order valence-electron chi connectivity index (χ0n) is 13.2. The van der Waals surface area contributed by atoms with E-state index in [9.17, 15) is 5.26 Å². The van der Waals surface area contributed by atoms with Crippen LogP contribution in [0.25, 0.3) is 0 Å². The fourth-order valence-electron chi connectivity index (χ4n) is 1.86. The van der Waals surface area contributed by atoms with Crippen LogP contribution in [0.15, 0.2) is 34.6 Å². The molecule has 0 spiro atoms. The van der Waals surface area contributed by atoms with E-state index in [2.05, 4.69) is 16.0 Å². The molecule has 120 valence electrons. The number of benzene rings is 1. The standard InChI is InChI=1S/C17H19N3O2S/c1-3-21-15-4-6-16(7-5-15)22-9-8-19-11-14(10-18)17-20-13(2)12-23-17/h4-7,11-12,14H,3,8-9H2,1-2H3. The van der Waals surface area contributed by atoms with E-state index in [0.717, 1.165) is 22.2 Å². The molecule has 0 N–H and O–H groups in total. The molecule has 0 amide bonds. The van der Waals surface area contributed by atoms with Crippen molar-refractivity contribution in [1.29, 1.82) is 5.26 Å². The number of hydrogen-bond donors (Lipinski definition) is 0. The summed E-state index contributed by atoms with van der Waals surface area (Å²) in [6, 6.07) is 9.68. The Bertz CT molecular complexity index is 674. The number of nitriles is 1. The van der Waals surface area contributed by atoms with Gasteiger partial charge in [-0.3, -0.25) is 4.99 Å². The van der Waals surface area contributed by atoms with Crippen LogP contribution in [-0.2, 0) is 0 Å². The quantitative estimate of drug-likeness (QED) is 0.548. The second-order valence-corrected chi connectivity index (χ2v) is 5.63. The van der Waals surface area contributed by atoms with Crippen LogP contribution in [0.5, 0.6) is 11.5 Å². The number of rotatable bonds is 8. The molecular weight excluding hydrogens is 310 g/mol. The molecule has 1 heterocycles. The van der Waals surface area contributed by atoms with Gasteiger partial charge in [-0.05, 0) is 38.1 Å². The molecule has 0 saturated heterocycles. The summed E-state index contributed by atoms with van der Waals surface area (Å²) in [7, 11) is 0. The second kappa shape index (κ2) is 8.91. The third-order valence-corrected chi connectivity index (χ3v) is 3.97. The summed E-state index contributed by atoms with van der Waals surface area (Å²) in [5.41, 5.74) is 0.928. The van der Waals surface area contributed by atoms with Crippen LogP contribution in [0.2, 0.25) is 0 Å². The van der Waals surface area contributed by atoms with Crippen molar-refractivity contribution in [3.05, 3.63) is 40.3 Å². The molecule has 2 rings (SSSR count). The molecule has 0 fully saturated rings. The number of thiazole rings is 1. The van der Waals surface area contributed by atoms with Gasteiger partial charge in [0.05, 0.1) is 19.2 Å². The Morgan fingerprint density at radius 1 is 1.30 bits per heavy atom. The fraction of sp³-hybridized carbons (Fsp3) is 0.353. The number of aryl methyl sites for hydroxylation is 1. The molecule has 1 atom stereocenters. The third kappa shape index (κ3) is 5.38. The Kier molecular flexibility index (Phi) is 6.57. The molecule has 2 aromatic rings. The first-order valence-corrected chi connectivity index (χ1v) is 8.28. The maximum atomic E-state index is 9.18. The molecule has 0 saturated carbocycles. The fourth-order valence-corrected chi connectivity index (χ4v) is 2.66. The Balaban J connectivity index is 1.76. The molecule has 1 aromatic carbocycles. The van der Waals surface area contributed by atoms with Gasteiger partial charge in [-0.2, -0.15) is 5.26 Å². The van der Waals surface area contributed by atoms with E-state index >= 15 is 0 Å². The minimum absolute atomic E-state index is 0.390. The summed E-state index contributed by atoms with van der Waals surface area (Å²) in [5.74, 6) is 1.21. The first-order chi connectivity index (χ1) is 11.2. The molecule has 6 heteroatoms. The van der Waals surface area contributed by atoms with Crippen LogP contribution in [0, 0.1) is 18.3 Å². The summed E-state index contributed by atoms with van der Waals surface area (Å²) < 4.78 is 11.0. The highest BCUT2D eigenvalue weighted by Crippen LogP contribution is 2.18. The van der Waals surface area contributed by atoms with Crippen molar-refractivity contribution in [1.82, 2.24) is 4.98 Å². The van der Waals surface area contributed by atoms with Crippen molar-refractivity contribution < 1.29 is 9.47 Å². The lowest BCUT2D eigenvalue weighted by Gasteiger charge is -2.06. The summed E-state index contributed by atoms with van der Waals surface area (Å²) in [6.07, 6.45) is 1.64. The third-order valence-electron chi connectivity index (χ3n) is 2.92. The van der Waals surface area contributed by atoms with Crippen molar-refractivity contribution >= 4 is 17.6 Å². The minimum Gasteiger partial charge on any atom is -0.494 e. The van der Waals surface area contributed by atoms with Gasteiger partial charge >= 0.3 is 0 Å². The predicted molar refractivity (Wildman–Crippen MR) is 91.7 cm³/mol. The summed E-state index contributed by atoms with van der Waals surface area (Å²) in [5, 5.41) is 11.9. The Hall–Kier alpha value is -2.39. The molecule has 0 aliphatic carbocycles. The van der Waals surface area contributed by atoms with Crippen LogP contribution in [0.3, 0.4) is 0 Å². The highest BCUT2D eigenvalue weighted by molar-refractivity contribution is 7.09. The van der Waals surface area contributed by atoms with Crippen molar-refractivity contribution in [2.75, 3.05) is 19.8 Å². The van der Waals surface area contributed by atoms with Crippen molar-refractivity contribution in [2.45, 2.75) is 19.8 Å². The highest BCUT2D eigenvalue weighted by Gasteiger charge is 2.11. The summed E-state index contributed by atoms with van der Waals surface area (Å²) in [6.45, 7) is 5.46.